The number of amides is 1. The smallest absolute Gasteiger partial charge is 0.339 e. The van der Waals surface area contributed by atoms with Gasteiger partial charge in [0.1, 0.15) is 11.3 Å². The summed E-state index contributed by atoms with van der Waals surface area (Å²) in [7, 11) is 1.71. The minimum atomic E-state index is -1.09. The number of ether oxygens (including phenoxy) is 1. The van der Waals surface area contributed by atoms with Gasteiger partial charge in [0.05, 0.1) is 0 Å². The average Bonchev–Trinajstić information content (AvgIpc) is 2.98. The number of aromatic carboxylic acids is 1. The lowest BCUT2D eigenvalue weighted by molar-refractivity contribution is -0.130. The third-order valence-electron chi connectivity index (χ3n) is 3.35. The molecule has 6 heteroatoms. The number of hydrogen-bond acceptors (Lipinski definition) is 3. The highest BCUT2D eigenvalue weighted by Gasteiger charge is 2.18. The second-order valence-corrected chi connectivity index (χ2v) is 5.69. The Hall–Kier alpha value is -1.82. The summed E-state index contributed by atoms with van der Waals surface area (Å²) >= 11 is 3.21. The summed E-state index contributed by atoms with van der Waals surface area (Å²) in [4.78, 5) is 24.8. The molecule has 0 saturated heterocycles. The summed E-state index contributed by atoms with van der Waals surface area (Å²) in [6, 6.07) is 4.66. The van der Waals surface area contributed by atoms with E-state index in [-0.39, 0.29) is 23.8 Å². The molecule has 0 radical (unpaired) electrons. The Kier molecular flexibility index (Phi) is 5.01. The van der Waals surface area contributed by atoms with Gasteiger partial charge in [0.2, 0.25) is 0 Å². The quantitative estimate of drug-likeness (QED) is 0.883. The van der Waals surface area contributed by atoms with Crippen LogP contribution in [-0.4, -0.2) is 35.5 Å². The number of likely N-dealkylation sites (N-methyl/N-ethyl adjacent to an activating group) is 1. The molecule has 1 aliphatic carbocycles. The lowest BCUT2D eigenvalue weighted by Gasteiger charge is -2.19. The number of halogens is 1. The molecule has 0 heterocycles. The van der Waals surface area contributed by atoms with Gasteiger partial charge in [0.15, 0.2) is 6.61 Å². The molecule has 5 nitrogen and oxygen atoms in total. The van der Waals surface area contributed by atoms with Gasteiger partial charge in [-0.05, 0) is 37.5 Å². The van der Waals surface area contributed by atoms with Crippen LogP contribution in [0.3, 0.4) is 0 Å². The maximum Gasteiger partial charge on any atom is 0.339 e. The number of nitrogens with zero attached hydrogens (tertiary/aromatic N) is 1. The van der Waals surface area contributed by atoms with Gasteiger partial charge in [0, 0.05) is 17.2 Å². The molecule has 0 aliphatic heterocycles. The first-order valence-electron chi connectivity index (χ1n) is 6.60. The maximum absolute atomic E-state index is 12.1. The molecule has 1 amide bonds. The van der Waals surface area contributed by atoms with Gasteiger partial charge in [-0.1, -0.05) is 22.0 Å². The highest BCUT2D eigenvalue weighted by molar-refractivity contribution is 9.10. The molecule has 0 unspecified atom stereocenters. The normalized spacial score (nSPS) is 13.7. The van der Waals surface area contributed by atoms with E-state index in [1.165, 1.54) is 12.1 Å². The standard InChI is InChI=1S/C15H16BrNO4/c1-17(11-4-2-3-5-11)14(18)9-21-13-7-6-10(16)8-12(13)15(19)20/h4,6-8H,2-3,5,9H2,1H3,(H,19,20). The lowest BCUT2D eigenvalue weighted by atomic mass is 10.2. The first kappa shape index (κ1) is 15.6. The Morgan fingerprint density at radius 1 is 1.43 bits per heavy atom. The monoisotopic (exact) mass is 353 g/mol. The molecule has 0 saturated carbocycles. The molecule has 0 fully saturated rings. The molecule has 1 aromatic rings. The molecule has 112 valence electrons. The summed E-state index contributed by atoms with van der Waals surface area (Å²) in [5.74, 6) is -1.10. The number of rotatable bonds is 5. The predicted octanol–water partition coefficient (Wildman–Crippen LogP) is 3.05. The Bertz CT molecular complexity index is 597. The number of hydrogen-bond donors (Lipinski definition) is 1. The molecule has 21 heavy (non-hydrogen) atoms. The van der Waals surface area contributed by atoms with Crippen molar-refractivity contribution in [3.8, 4) is 5.75 Å². The van der Waals surface area contributed by atoms with Gasteiger partial charge < -0.3 is 14.7 Å². The summed E-state index contributed by atoms with van der Waals surface area (Å²) in [6.07, 6.45) is 4.98. The zero-order valence-corrected chi connectivity index (χ0v) is 13.2. The first-order chi connectivity index (χ1) is 9.99. The van der Waals surface area contributed by atoms with Crippen LogP contribution in [-0.2, 0) is 4.79 Å². The van der Waals surface area contributed by atoms with Crippen molar-refractivity contribution in [1.82, 2.24) is 4.90 Å². The number of carboxylic acid groups (broad SMARTS) is 1. The third-order valence-corrected chi connectivity index (χ3v) is 3.84. The van der Waals surface area contributed by atoms with Crippen molar-refractivity contribution in [3.05, 3.63) is 40.0 Å². The van der Waals surface area contributed by atoms with E-state index in [4.69, 9.17) is 9.84 Å². The van der Waals surface area contributed by atoms with Crippen LogP contribution in [0.5, 0.6) is 5.75 Å². The van der Waals surface area contributed by atoms with Crippen LogP contribution < -0.4 is 4.74 Å². The van der Waals surface area contributed by atoms with Crippen molar-refractivity contribution in [2.24, 2.45) is 0 Å². The van der Waals surface area contributed by atoms with E-state index in [2.05, 4.69) is 15.9 Å². The SMILES string of the molecule is CN(C(=O)COc1ccc(Br)cc1C(=O)O)C1=CCCC1. The van der Waals surface area contributed by atoms with E-state index in [0.717, 1.165) is 25.0 Å². The van der Waals surface area contributed by atoms with Crippen molar-refractivity contribution < 1.29 is 19.4 Å². The minimum absolute atomic E-state index is 0.0277. The third kappa shape index (κ3) is 3.85. The molecule has 1 aromatic carbocycles. The van der Waals surface area contributed by atoms with Gasteiger partial charge in [-0.3, -0.25) is 4.79 Å². The highest BCUT2D eigenvalue weighted by atomic mass is 79.9. The van der Waals surface area contributed by atoms with Crippen molar-refractivity contribution in [2.45, 2.75) is 19.3 Å². The van der Waals surface area contributed by atoms with Crippen molar-refractivity contribution >= 4 is 27.8 Å². The molecule has 0 bridgehead atoms. The highest BCUT2D eigenvalue weighted by Crippen LogP contribution is 2.24. The number of benzene rings is 1. The predicted molar refractivity (Wildman–Crippen MR) is 81.3 cm³/mol. The summed E-state index contributed by atoms with van der Waals surface area (Å²) in [5.41, 5.74) is 1.03. The molecule has 0 atom stereocenters. The van der Waals surface area contributed by atoms with Crippen molar-refractivity contribution in [1.29, 1.82) is 0 Å². The number of carbonyl (C=O) groups is 2. The van der Waals surface area contributed by atoms with E-state index in [1.54, 1.807) is 18.0 Å². The van der Waals surface area contributed by atoms with E-state index in [1.807, 2.05) is 6.08 Å². The number of carbonyl (C=O) groups excluding carboxylic acids is 1. The molecule has 1 N–H and O–H groups in total. The molecular weight excluding hydrogens is 338 g/mol. The fraction of sp³-hybridized carbons (Fsp3) is 0.333. The molecule has 0 aromatic heterocycles. The summed E-state index contributed by atoms with van der Waals surface area (Å²) in [6.45, 7) is -0.185. The number of allylic oxidation sites excluding steroid dienone is 2. The van der Waals surface area contributed by atoms with Gasteiger partial charge in [0.25, 0.3) is 5.91 Å². The van der Waals surface area contributed by atoms with Crippen LogP contribution >= 0.6 is 15.9 Å². The molecule has 0 spiro atoms. The van der Waals surface area contributed by atoms with E-state index < -0.39 is 5.97 Å². The second-order valence-electron chi connectivity index (χ2n) is 4.77. The minimum Gasteiger partial charge on any atom is -0.483 e. The zero-order valence-electron chi connectivity index (χ0n) is 11.6. The fourth-order valence-electron chi connectivity index (χ4n) is 2.15. The molecule has 2 rings (SSSR count). The van der Waals surface area contributed by atoms with E-state index in [0.29, 0.717) is 4.47 Å². The summed E-state index contributed by atoms with van der Waals surface area (Å²) < 4.78 is 6.02. The molecule has 1 aliphatic rings. The van der Waals surface area contributed by atoms with Crippen molar-refractivity contribution in [2.75, 3.05) is 13.7 Å². The average molecular weight is 354 g/mol. The Labute approximate surface area is 131 Å². The van der Waals surface area contributed by atoms with Crippen LogP contribution in [0.15, 0.2) is 34.4 Å². The van der Waals surface area contributed by atoms with E-state index >= 15 is 0 Å². The van der Waals surface area contributed by atoms with Crippen LogP contribution in [0.4, 0.5) is 0 Å². The lowest BCUT2D eigenvalue weighted by Crippen LogP contribution is -2.30. The fourth-order valence-corrected chi connectivity index (χ4v) is 2.51. The van der Waals surface area contributed by atoms with E-state index in [9.17, 15) is 9.59 Å². The van der Waals surface area contributed by atoms with Crippen LogP contribution in [0.2, 0.25) is 0 Å². The van der Waals surface area contributed by atoms with Gasteiger partial charge in [-0.2, -0.15) is 0 Å². The van der Waals surface area contributed by atoms with Gasteiger partial charge in [-0.15, -0.1) is 0 Å². The van der Waals surface area contributed by atoms with Gasteiger partial charge >= 0.3 is 5.97 Å². The Morgan fingerprint density at radius 3 is 2.81 bits per heavy atom. The Balaban J connectivity index is 2.02. The largest absolute Gasteiger partial charge is 0.483 e. The van der Waals surface area contributed by atoms with Crippen LogP contribution in [0, 0.1) is 0 Å². The van der Waals surface area contributed by atoms with Gasteiger partial charge in [-0.25, -0.2) is 4.79 Å². The van der Waals surface area contributed by atoms with Crippen LogP contribution in [0.1, 0.15) is 29.6 Å². The Morgan fingerprint density at radius 2 is 2.19 bits per heavy atom. The zero-order chi connectivity index (χ0) is 15.4. The molecular formula is C15H16BrNO4. The first-order valence-corrected chi connectivity index (χ1v) is 7.39. The maximum atomic E-state index is 12.1. The second kappa shape index (κ2) is 6.76. The summed E-state index contributed by atoms with van der Waals surface area (Å²) in [5, 5.41) is 9.13. The topological polar surface area (TPSA) is 66.8 Å². The van der Waals surface area contributed by atoms with Crippen LogP contribution in [0.25, 0.3) is 0 Å². The van der Waals surface area contributed by atoms with Crippen molar-refractivity contribution in [3.63, 3.8) is 0 Å². The number of carboxylic acids is 1.